The van der Waals surface area contributed by atoms with E-state index in [1.54, 1.807) is 20.1 Å². The van der Waals surface area contributed by atoms with Gasteiger partial charge in [0.25, 0.3) is 0 Å². The Hall–Kier alpha value is -3.03. The van der Waals surface area contributed by atoms with Crippen LogP contribution in [0.2, 0.25) is 0 Å². The average Bonchev–Trinajstić information content (AvgIpc) is 3.14. The first-order valence-corrected chi connectivity index (χ1v) is 8.74. The van der Waals surface area contributed by atoms with Crippen molar-refractivity contribution in [2.24, 2.45) is 5.16 Å². The molecule has 0 aliphatic carbocycles. The van der Waals surface area contributed by atoms with Gasteiger partial charge in [-0.1, -0.05) is 23.4 Å². The largest absolute Gasteiger partial charge is 0.496 e. The number of amides is 2. The maximum atomic E-state index is 12.3. The third-order valence-electron chi connectivity index (χ3n) is 3.90. The number of hydrogen-bond acceptors (Lipinski definition) is 6. The highest BCUT2D eigenvalue weighted by Gasteiger charge is 2.27. The van der Waals surface area contributed by atoms with Crippen molar-refractivity contribution >= 4 is 17.7 Å². The summed E-state index contributed by atoms with van der Waals surface area (Å²) in [6.07, 6.45) is 1.86. The number of urea groups is 1. The molecule has 1 aromatic carbocycles. The van der Waals surface area contributed by atoms with E-state index in [1.165, 1.54) is 4.90 Å². The molecule has 27 heavy (non-hydrogen) atoms. The Labute approximate surface area is 158 Å². The van der Waals surface area contributed by atoms with E-state index in [0.29, 0.717) is 19.5 Å². The van der Waals surface area contributed by atoms with Gasteiger partial charge >= 0.3 is 12.0 Å². The third kappa shape index (κ3) is 5.73. The van der Waals surface area contributed by atoms with Gasteiger partial charge in [-0.05, 0) is 19.1 Å². The number of para-hydroxylation sites is 1. The smallest absolute Gasteiger partial charge is 0.325 e. The lowest BCUT2D eigenvalue weighted by Crippen LogP contribution is -2.45. The van der Waals surface area contributed by atoms with Crippen molar-refractivity contribution in [1.29, 1.82) is 0 Å². The average molecular weight is 375 g/mol. The minimum absolute atomic E-state index is 0.186. The number of ether oxygens (including phenoxy) is 2. The Morgan fingerprint density at radius 2 is 2.22 bits per heavy atom. The Kier molecular flexibility index (Phi) is 7.66. The molecule has 1 heterocycles. The van der Waals surface area contributed by atoms with Gasteiger partial charge in [-0.15, -0.1) is 6.58 Å². The number of hydrogen-bond donors (Lipinski definition) is 1. The maximum absolute atomic E-state index is 12.3. The topological polar surface area (TPSA) is 89.5 Å². The molecule has 0 saturated heterocycles. The monoisotopic (exact) mass is 375 g/mol. The predicted octanol–water partition coefficient (Wildman–Crippen LogP) is 1.95. The molecule has 0 saturated carbocycles. The van der Waals surface area contributed by atoms with Crippen LogP contribution in [-0.2, 0) is 14.4 Å². The van der Waals surface area contributed by atoms with E-state index in [1.807, 2.05) is 24.3 Å². The molecular formula is C19H25N3O5. The molecule has 1 aliphatic heterocycles. The molecule has 2 rings (SSSR count). The molecule has 1 N–H and O–H groups in total. The van der Waals surface area contributed by atoms with Gasteiger partial charge in [-0.3, -0.25) is 4.79 Å². The Balaban J connectivity index is 1.93. The molecule has 2 amide bonds. The Morgan fingerprint density at radius 3 is 2.93 bits per heavy atom. The molecule has 0 spiro atoms. The summed E-state index contributed by atoms with van der Waals surface area (Å²) in [7, 11) is 1.60. The Morgan fingerprint density at radius 1 is 1.44 bits per heavy atom. The van der Waals surface area contributed by atoms with Gasteiger partial charge in [-0.25, -0.2) is 4.79 Å². The number of oxime groups is 1. The van der Waals surface area contributed by atoms with Gasteiger partial charge in [0.05, 0.1) is 26.0 Å². The second-order valence-electron chi connectivity index (χ2n) is 5.83. The summed E-state index contributed by atoms with van der Waals surface area (Å²) in [4.78, 5) is 30.7. The molecule has 1 atom stereocenters. The van der Waals surface area contributed by atoms with Crippen molar-refractivity contribution in [2.45, 2.75) is 19.4 Å². The summed E-state index contributed by atoms with van der Waals surface area (Å²) >= 11 is 0. The predicted molar refractivity (Wildman–Crippen MR) is 101 cm³/mol. The van der Waals surface area contributed by atoms with E-state index in [2.05, 4.69) is 17.1 Å². The van der Waals surface area contributed by atoms with Crippen molar-refractivity contribution in [2.75, 3.05) is 33.4 Å². The van der Waals surface area contributed by atoms with E-state index < -0.39 is 12.0 Å². The first kappa shape index (κ1) is 20.3. The summed E-state index contributed by atoms with van der Waals surface area (Å²) in [6.45, 7) is 6.09. The van der Waals surface area contributed by atoms with Crippen molar-refractivity contribution in [3.8, 4) is 5.75 Å². The summed E-state index contributed by atoms with van der Waals surface area (Å²) in [5, 5.41) is 6.68. The molecule has 146 valence electrons. The molecule has 8 nitrogen and oxygen atoms in total. The van der Waals surface area contributed by atoms with Gasteiger partial charge in [0.2, 0.25) is 0 Å². The van der Waals surface area contributed by atoms with Crippen LogP contribution in [0.25, 0.3) is 0 Å². The van der Waals surface area contributed by atoms with Crippen LogP contribution >= 0.6 is 0 Å². The highest BCUT2D eigenvalue weighted by Crippen LogP contribution is 2.24. The number of nitrogens with one attached hydrogen (secondary N) is 1. The number of rotatable bonds is 9. The van der Waals surface area contributed by atoms with Gasteiger partial charge in [0.15, 0.2) is 6.10 Å². The number of carbonyl (C=O) groups excluding carboxylic acids is 2. The fourth-order valence-corrected chi connectivity index (χ4v) is 2.68. The van der Waals surface area contributed by atoms with Crippen LogP contribution in [0.15, 0.2) is 42.1 Å². The number of esters is 1. The zero-order chi connectivity index (χ0) is 19.6. The van der Waals surface area contributed by atoms with Gasteiger partial charge in [-0.2, -0.15) is 0 Å². The second kappa shape index (κ2) is 10.2. The number of carbonyl (C=O) groups is 2. The van der Waals surface area contributed by atoms with E-state index in [4.69, 9.17) is 14.3 Å². The van der Waals surface area contributed by atoms with Crippen LogP contribution in [0.5, 0.6) is 5.75 Å². The van der Waals surface area contributed by atoms with Crippen molar-refractivity contribution in [3.05, 3.63) is 42.5 Å². The lowest BCUT2D eigenvalue weighted by molar-refractivity contribution is -0.141. The van der Waals surface area contributed by atoms with E-state index in [9.17, 15) is 9.59 Å². The fourth-order valence-electron chi connectivity index (χ4n) is 2.68. The van der Waals surface area contributed by atoms with Crippen molar-refractivity contribution in [1.82, 2.24) is 10.2 Å². The molecule has 1 aliphatic rings. The molecule has 1 unspecified atom stereocenters. The summed E-state index contributed by atoms with van der Waals surface area (Å²) in [5.41, 5.74) is 1.63. The minimum Gasteiger partial charge on any atom is -0.496 e. The molecule has 1 aromatic rings. The zero-order valence-corrected chi connectivity index (χ0v) is 15.6. The van der Waals surface area contributed by atoms with Crippen molar-refractivity contribution < 1.29 is 23.9 Å². The minimum atomic E-state index is -0.483. The molecule has 0 radical (unpaired) electrons. The fraction of sp³-hybridized carbons (Fsp3) is 0.421. The van der Waals surface area contributed by atoms with Crippen LogP contribution in [0.1, 0.15) is 18.9 Å². The first-order chi connectivity index (χ1) is 13.1. The number of benzene rings is 1. The van der Waals surface area contributed by atoms with Gasteiger partial charge in [0, 0.05) is 18.5 Å². The molecule has 0 bridgehead atoms. The lowest BCUT2D eigenvalue weighted by atomic mass is 10.0. The third-order valence-corrected chi connectivity index (χ3v) is 3.90. The Bertz CT molecular complexity index is 704. The van der Waals surface area contributed by atoms with Gasteiger partial charge in [0.1, 0.15) is 12.3 Å². The highest BCUT2D eigenvalue weighted by molar-refractivity contribution is 6.03. The normalized spacial score (nSPS) is 15.3. The maximum Gasteiger partial charge on any atom is 0.325 e. The molecule has 0 aromatic heterocycles. The van der Waals surface area contributed by atoms with E-state index >= 15 is 0 Å². The second-order valence-corrected chi connectivity index (χ2v) is 5.83. The van der Waals surface area contributed by atoms with Crippen LogP contribution in [0, 0.1) is 0 Å². The number of nitrogens with zero attached hydrogens (tertiary/aromatic N) is 2. The summed E-state index contributed by atoms with van der Waals surface area (Å²) in [5.74, 6) is 0.235. The zero-order valence-electron chi connectivity index (χ0n) is 15.6. The molecular weight excluding hydrogens is 350 g/mol. The standard InChI is InChI=1S/C19H25N3O5/c1-4-10-22(19(24)20-12-18(23)26-5-2)13-14-11-16(21-27-14)15-8-6-7-9-17(15)25-3/h4,6-9,14H,1,5,10-13H2,2-3H3,(H,20,24). The summed E-state index contributed by atoms with van der Waals surface area (Å²) in [6, 6.07) is 7.17. The number of methoxy groups -OCH3 is 1. The van der Waals surface area contributed by atoms with Crippen molar-refractivity contribution in [3.63, 3.8) is 0 Å². The quantitative estimate of drug-likeness (QED) is 0.526. The van der Waals surface area contributed by atoms with E-state index in [0.717, 1.165) is 17.0 Å². The highest BCUT2D eigenvalue weighted by atomic mass is 16.6. The van der Waals surface area contributed by atoms with Crippen LogP contribution in [0.3, 0.4) is 0 Å². The van der Waals surface area contributed by atoms with Gasteiger partial charge < -0.3 is 24.5 Å². The molecule has 0 fully saturated rings. The summed E-state index contributed by atoms with van der Waals surface area (Å²) < 4.78 is 10.2. The van der Waals surface area contributed by atoms with Crippen LogP contribution in [-0.4, -0.2) is 62.1 Å². The first-order valence-electron chi connectivity index (χ1n) is 8.74. The molecule has 8 heteroatoms. The van der Waals surface area contributed by atoms with E-state index in [-0.39, 0.29) is 19.3 Å². The SMILES string of the molecule is C=CCN(CC1CC(c2ccccc2OC)=NO1)C(=O)NCC(=O)OCC. The van der Waals surface area contributed by atoms with Crippen LogP contribution < -0.4 is 10.1 Å². The van der Waals surface area contributed by atoms with Crippen LogP contribution in [0.4, 0.5) is 4.79 Å². The lowest BCUT2D eigenvalue weighted by Gasteiger charge is -2.23.